The van der Waals surface area contributed by atoms with E-state index < -0.39 is 0 Å². The Morgan fingerprint density at radius 3 is 2.92 bits per heavy atom. The Morgan fingerprint density at radius 1 is 1.12 bits per heavy atom. The van der Waals surface area contributed by atoms with Crippen molar-refractivity contribution in [1.29, 1.82) is 0 Å². The van der Waals surface area contributed by atoms with Crippen molar-refractivity contribution in [3.05, 3.63) is 78.2 Å². The van der Waals surface area contributed by atoms with Crippen LogP contribution in [0.15, 0.2) is 67.1 Å². The molecule has 0 radical (unpaired) electrons. The van der Waals surface area contributed by atoms with Gasteiger partial charge in [0.15, 0.2) is 0 Å². The normalized spacial score (nSPS) is 15.1. The number of carbonyl (C=O) groups excluding carboxylic acids is 1. The van der Waals surface area contributed by atoms with Gasteiger partial charge in [-0.15, -0.1) is 0 Å². The molecule has 2 heterocycles. The lowest BCUT2D eigenvalue weighted by Gasteiger charge is -2.12. The first-order chi connectivity index (χ1) is 12.3. The fourth-order valence-corrected chi connectivity index (χ4v) is 2.77. The second kappa shape index (κ2) is 6.60. The third-order valence-electron chi connectivity index (χ3n) is 3.97. The quantitative estimate of drug-likeness (QED) is 0.768. The highest BCUT2D eigenvalue weighted by atomic mass is 16.5. The number of hydrogen-bond donors (Lipinski definition) is 2. The molecule has 1 aliphatic rings. The number of nitrogens with one attached hydrogen (secondary N) is 2. The van der Waals surface area contributed by atoms with Crippen LogP contribution in [0.4, 0.5) is 11.5 Å². The zero-order chi connectivity index (χ0) is 17.1. The molecule has 1 atom stereocenters. The van der Waals surface area contributed by atoms with Gasteiger partial charge in [-0.25, -0.2) is 4.98 Å². The van der Waals surface area contributed by atoms with E-state index in [1.54, 1.807) is 30.7 Å². The first-order valence-corrected chi connectivity index (χ1v) is 7.95. The van der Waals surface area contributed by atoms with E-state index in [-0.39, 0.29) is 11.9 Å². The van der Waals surface area contributed by atoms with E-state index in [2.05, 4.69) is 20.6 Å². The summed E-state index contributed by atoms with van der Waals surface area (Å²) in [6, 6.07) is 14.9. The molecular weight excluding hydrogens is 316 g/mol. The van der Waals surface area contributed by atoms with Gasteiger partial charge in [-0.05, 0) is 24.3 Å². The van der Waals surface area contributed by atoms with Gasteiger partial charge < -0.3 is 15.4 Å². The molecule has 0 saturated carbocycles. The number of aromatic nitrogens is 2. The standard InChI is InChI=1S/C19H16N4O2/c24-19(23-16-12-25-17-7-2-1-6-15(16)17)13-4-3-5-14(10-13)22-18-11-20-8-9-21-18/h1-11,16H,12H2,(H,21,22)(H,23,24)/t16-/m1/s1. The molecule has 0 spiro atoms. The predicted octanol–water partition coefficient (Wildman–Crippen LogP) is 3.08. The molecule has 124 valence electrons. The van der Waals surface area contributed by atoms with Crippen molar-refractivity contribution in [3.8, 4) is 5.75 Å². The number of anilines is 2. The third-order valence-corrected chi connectivity index (χ3v) is 3.97. The molecule has 0 bridgehead atoms. The molecule has 0 fully saturated rings. The van der Waals surface area contributed by atoms with Crippen LogP contribution in [-0.4, -0.2) is 22.5 Å². The number of fused-ring (bicyclic) bond motifs is 1. The minimum atomic E-state index is -0.145. The Kier molecular flexibility index (Phi) is 4.00. The minimum absolute atomic E-state index is 0.139. The lowest BCUT2D eigenvalue weighted by Crippen LogP contribution is -2.29. The van der Waals surface area contributed by atoms with Crippen molar-refractivity contribution in [2.24, 2.45) is 0 Å². The van der Waals surface area contributed by atoms with E-state index in [1.807, 2.05) is 36.4 Å². The summed E-state index contributed by atoms with van der Waals surface area (Å²) in [5, 5.41) is 6.15. The number of amides is 1. The SMILES string of the molecule is O=C(N[C@@H]1COc2ccccc21)c1cccc(Nc2cnccn2)c1. The number of rotatable bonds is 4. The molecule has 6 heteroatoms. The number of carbonyl (C=O) groups is 1. The summed E-state index contributed by atoms with van der Waals surface area (Å²) in [6.45, 7) is 0.447. The van der Waals surface area contributed by atoms with Gasteiger partial charge in [0.1, 0.15) is 18.2 Å². The third kappa shape index (κ3) is 3.28. The van der Waals surface area contributed by atoms with Gasteiger partial charge >= 0.3 is 0 Å². The molecule has 1 aliphatic heterocycles. The lowest BCUT2D eigenvalue weighted by atomic mass is 10.1. The Balaban J connectivity index is 1.49. The van der Waals surface area contributed by atoms with E-state index in [0.29, 0.717) is 18.0 Å². The summed E-state index contributed by atoms with van der Waals surface area (Å²) in [5.74, 6) is 1.30. The highest BCUT2D eigenvalue weighted by Crippen LogP contribution is 2.31. The largest absolute Gasteiger partial charge is 0.491 e. The van der Waals surface area contributed by atoms with Crippen molar-refractivity contribution in [2.75, 3.05) is 11.9 Å². The Bertz CT molecular complexity index is 899. The van der Waals surface area contributed by atoms with Crippen LogP contribution in [0.1, 0.15) is 22.0 Å². The van der Waals surface area contributed by atoms with Crippen LogP contribution in [-0.2, 0) is 0 Å². The van der Waals surface area contributed by atoms with Crippen LogP contribution < -0.4 is 15.4 Å². The first-order valence-electron chi connectivity index (χ1n) is 7.95. The van der Waals surface area contributed by atoms with Crippen molar-refractivity contribution >= 4 is 17.4 Å². The van der Waals surface area contributed by atoms with Crippen LogP contribution in [0.2, 0.25) is 0 Å². The maximum absolute atomic E-state index is 12.6. The van der Waals surface area contributed by atoms with Crippen molar-refractivity contribution in [3.63, 3.8) is 0 Å². The van der Waals surface area contributed by atoms with Crippen LogP contribution in [0.3, 0.4) is 0 Å². The molecule has 0 aliphatic carbocycles. The topological polar surface area (TPSA) is 76.1 Å². The average molecular weight is 332 g/mol. The lowest BCUT2D eigenvalue weighted by molar-refractivity contribution is 0.0930. The number of nitrogens with zero attached hydrogens (tertiary/aromatic N) is 2. The summed E-state index contributed by atoms with van der Waals surface area (Å²) in [7, 11) is 0. The highest BCUT2D eigenvalue weighted by molar-refractivity contribution is 5.95. The van der Waals surface area contributed by atoms with E-state index >= 15 is 0 Å². The van der Waals surface area contributed by atoms with Gasteiger partial charge in [-0.2, -0.15) is 0 Å². The fourth-order valence-electron chi connectivity index (χ4n) is 2.77. The zero-order valence-electron chi connectivity index (χ0n) is 13.3. The van der Waals surface area contributed by atoms with Gasteiger partial charge in [-0.3, -0.25) is 9.78 Å². The molecule has 0 unspecified atom stereocenters. The molecule has 2 aromatic carbocycles. The summed E-state index contributed by atoms with van der Waals surface area (Å²) in [4.78, 5) is 20.8. The zero-order valence-corrected chi connectivity index (χ0v) is 13.3. The second-order valence-corrected chi connectivity index (χ2v) is 5.67. The Labute approximate surface area is 144 Å². The number of benzene rings is 2. The van der Waals surface area contributed by atoms with Gasteiger partial charge in [0.2, 0.25) is 0 Å². The monoisotopic (exact) mass is 332 g/mol. The summed E-state index contributed by atoms with van der Waals surface area (Å²) >= 11 is 0. The number of hydrogen-bond acceptors (Lipinski definition) is 5. The first kappa shape index (κ1) is 15.1. The van der Waals surface area contributed by atoms with Crippen LogP contribution in [0, 0.1) is 0 Å². The predicted molar refractivity (Wildman–Crippen MR) is 93.9 cm³/mol. The Morgan fingerprint density at radius 2 is 2.04 bits per heavy atom. The molecule has 1 amide bonds. The molecule has 6 nitrogen and oxygen atoms in total. The molecule has 0 saturated heterocycles. The fraction of sp³-hybridized carbons (Fsp3) is 0.105. The van der Waals surface area contributed by atoms with Crippen molar-refractivity contribution in [2.45, 2.75) is 6.04 Å². The van der Waals surface area contributed by atoms with Crippen molar-refractivity contribution < 1.29 is 9.53 Å². The number of para-hydroxylation sites is 1. The molecular formula is C19H16N4O2. The smallest absolute Gasteiger partial charge is 0.251 e. The van der Waals surface area contributed by atoms with Crippen molar-refractivity contribution in [1.82, 2.24) is 15.3 Å². The Hall–Kier alpha value is -3.41. The summed E-state index contributed by atoms with van der Waals surface area (Å²) in [5.41, 5.74) is 2.35. The van der Waals surface area contributed by atoms with E-state index in [9.17, 15) is 4.79 Å². The maximum atomic E-state index is 12.6. The van der Waals surface area contributed by atoms with Crippen LogP contribution >= 0.6 is 0 Å². The van der Waals surface area contributed by atoms with E-state index in [4.69, 9.17) is 4.74 Å². The molecule has 1 aromatic heterocycles. The summed E-state index contributed by atoms with van der Waals surface area (Å²) in [6.07, 6.45) is 4.84. The molecule has 4 rings (SSSR count). The van der Waals surface area contributed by atoms with Gasteiger partial charge in [0.25, 0.3) is 5.91 Å². The minimum Gasteiger partial charge on any atom is -0.491 e. The van der Waals surface area contributed by atoms with Gasteiger partial charge in [0.05, 0.1) is 12.2 Å². The van der Waals surface area contributed by atoms with Crippen LogP contribution in [0.5, 0.6) is 5.75 Å². The average Bonchev–Trinajstić information content (AvgIpc) is 3.06. The molecule has 2 N–H and O–H groups in total. The van der Waals surface area contributed by atoms with E-state index in [1.165, 1.54) is 0 Å². The highest BCUT2D eigenvalue weighted by Gasteiger charge is 2.25. The number of ether oxygens (including phenoxy) is 1. The molecule has 3 aromatic rings. The van der Waals surface area contributed by atoms with Gasteiger partial charge in [0, 0.05) is 29.2 Å². The second-order valence-electron chi connectivity index (χ2n) is 5.67. The molecule has 25 heavy (non-hydrogen) atoms. The van der Waals surface area contributed by atoms with Gasteiger partial charge in [-0.1, -0.05) is 24.3 Å². The maximum Gasteiger partial charge on any atom is 0.251 e. The van der Waals surface area contributed by atoms with E-state index in [0.717, 1.165) is 17.0 Å². The van der Waals surface area contributed by atoms with Crippen LogP contribution in [0.25, 0.3) is 0 Å². The summed E-state index contributed by atoms with van der Waals surface area (Å²) < 4.78 is 5.61.